The van der Waals surface area contributed by atoms with Crippen LogP contribution in [0.1, 0.15) is 51.1 Å². The van der Waals surface area contributed by atoms with Gasteiger partial charge in [-0.1, -0.05) is 36.8 Å². The van der Waals surface area contributed by atoms with Gasteiger partial charge in [0.25, 0.3) is 11.8 Å². The molecule has 5 nitrogen and oxygen atoms in total. The van der Waals surface area contributed by atoms with Crippen molar-refractivity contribution in [1.82, 2.24) is 9.88 Å². The number of hydrogen-bond acceptors (Lipinski definition) is 4. The quantitative estimate of drug-likeness (QED) is 0.867. The first-order valence-electron chi connectivity index (χ1n) is 8.01. The molecule has 0 atom stereocenters. The highest BCUT2D eigenvalue weighted by molar-refractivity contribution is 7.17. The summed E-state index contributed by atoms with van der Waals surface area (Å²) in [6, 6.07) is 7.62. The zero-order valence-electron chi connectivity index (χ0n) is 14.5. The Morgan fingerprint density at radius 3 is 2.46 bits per heavy atom. The first-order chi connectivity index (χ1) is 11.4. The van der Waals surface area contributed by atoms with Crippen LogP contribution in [-0.4, -0.2) is 35.8 Å². The van der Waals surface area contributed by atoms with Crippen LogP contribution >= 0.6 is 11.3 Å². The molecule has 1 aromatic carbocycles. The van der Waals surface area contributed by atoms with Gasteiger partial charge < -0.3 is 4.90 Å². The van der Waals surface area contributed by atoms with Crippen LogP contribution in [0.3, 0.4) is 0 Å². The maximum absolute atomic E-state index is 12.3. The second-order valence-electron chi connectivity index (χ2n) is 5.89. The van der Waals surface area contributed by atoms with Crippen LogP contribution in [0.2, 0.25) is 0 Å². The predicted molar refractivity (Wildman–Crippen MR) is 97.9 cm³/mol. The second kappa shape index (κ2) is 8.06. The van der Waals surface area contributed by atoms with E-state index in [1.807, 2.05) is 24.3 Å². The number of amides is 2. The number of nitrogens with one attached hydrogen (secondary N) is 1. The molecule has 2 rings (SSSR count). The van der Waals surface area contributed by atoms with E-state index in [4.69, 9.17) is 0 Å². The molecule has 1 N–H and O–H groups in total. The van der Waals surface area contributed by atoms with Crippen molar-refractivity contribution in [2.45, 2.75) is 33.1 Å². The number of thiazole rings is 1. The Morgan fingerprint density at radius 2 is 1.88 bits per heavy atom. The fourth-order valence-electron chi connectivity index (χ4n) is 2.22. The van der Waals surface area contributed by atoms with E-state index < -0.39 is 0 Å². The highest BCUT2D eigenvalue weighted by Crippen LogP contribution is 2.24. The molecule has 0 aliphatic rings. The Balaban J connectivity index is 2.07. The molecular formula is C18H23N3O2S. The Hall–Kier alpha value is -2.21. The number of unbranched alkanes of at least 4 members (excludes halogenated alkanes) is 1. The van der Waals surface area contributed by atoms with Gasteiger partial charge in [0.15, 0.2) is 5.13 Å². The molecule has 0 aliphatic heterocycles. The first kappa shape index (κ1) is 18.1. The number of carbonyl (C=O) groups excluding carboxylic acids is 2. The van der Waals surface area contributed by atoms with Crippen LogP contribution in [-0.2, 0) is 6.42 Å². The van der Waals surface area contributed by atoms with Crippen LogP contribution in [0, 0.1) is 6.92 Å². The molecule has 0 unspecified atom stereocenters. The van der Waals surface area contributed by atoms with Crippen molar-refractivity contribution in [1.29, 1.82) is 0 Å². The molecule has 0 fully saturated rings. The lowest BCUT2D eigenvalue weighted by molar-refractivity contribution is 0.0831. The zero-order valence-corrected chi connectivity index (χ0v) is 15.4. The summed E-state index contributed by atoms with van der Waals surface area (Å²) in [4.78, 5) is 30.7. The van der Waals surface area contributed by atoms with E-state index in [9.17, 15) is 9.59 Å². The molecule has 0 spiro atoms. The van der Waals surface area contributed by atoms with E-state index >= 15 is 0 Å². The molecule has 2 amide bonds. The maximum Gasteiger partial charge on any atom is 0.265 e. The first-order valence-corrected chi connectivity index (χ1v) is 8.83. The van der Waals surface area contributed by atoms with Crippen LogP contribution < -0.4 is 5.32 Å². The average Bonchev–Trinajstić information content (AvgIpc) is 2.92. The summed E-state index contributed by atoms with van der Waals surface area (Å²) < 4.78 is 0. The summed E-state index contributed by atoms with van der Waals surface area (Å²) in [5.41, 5.74) is 2.45. The van der Waals surface area contributed by atoms with Crippen molar-refractivity contribution >= 4 is 28.3 Å². The monoisotopic (exact) mass is 345 g/mol. The Labute approximate surface area is 146 Å². The van der Waals surface area contributed by atoms with Crippen LogP contribution in [0.25, 0.3) is 0 Å². The van der Waals surface area contributed by atoms with Crippen LogP contribution in [0.4, 0.5) is 5.13 Å². The van der Waals surface area contributed by atoms with Gasteiger partial charge in [-0.25, -0.2) is 4.98 Å². The van der Waals surface area contributed by atoms with Crippen molar-refractivity contribution in [2.24, 2.45) is 0 Å². The largest absolute Gasteiger partial charge is 0.344 e. The molecule has 0 radical (unpaired) electrons. The molecule has 128 valence electrons. The summed E-state index contributed by atoms with van der Waals surface area (Å²) in [5.74, 6) is -0.319. The summed E-state index contributed by atoms with van der Waals surface area (Å²) in [5, 5.41) is 3.22. The third-order valence-corrected chi connectivity index (χ3v) is 4.71. The van der Waals surface area contributed by atoms with E-state index in [0.717, 1.165) is 19.3 Å². The van der Waals surface area contributed by atoms with Gasteiger partial charge in [-0.15, -0.1) is 0 Å². The lowest BCUT2D eigenvalue weighted by Gasteiger charge is -2.07. The standard InChI is InChI=1S/C18H23N3O2S/c1-5-6-7-13-8-10-14(11-9-13)16(22)20-18-19-12(2)15(24-18)17(23)21(3)4/h8-11H,5-7H2,1-4H3,(H,19,20,22). The van der Waals surface area contributed by atoms with Crippen molar-refractivity contribution in [3.63, 3.8) is 0 Å². The summed E-state index contributed by atoms with van der Waals surface area (Å²) >= 11 is 1.20. The Kier molecular flexibility index (Phi) is 6.09. The van der Waals surface area contributed by atoms with E-state index in [-0.39, 0.29) is 11.8 Å². The Bertz CT molecular complexity index is 720. The number of anilines is 1. The van der Waals surface area contributed by atoms with Crippen molar-refractivity contribution in [3.8, 4) is 0 Å². The maximum atomic E-state index is 12.3. The number of benzene rings is 1. The highest BCUT2D eigenvalue weighted by atomic mass is 32.1. The number of nitrogens with zero attached hydrogens (tertiary/aromatic N) is 2. The SMILES string of the molecule is CCCCc1ccc(C(=O)Nc2nc(C)c(C(=O)N(C)C)s2)cc1. The molecule has 0 aliphatic carbocycles. The smallest absolute Gasteiger partial charge is 0.265 e. The van der Waals surface area contributed by atoms with Crippen LogP contribution in [0.15, 0.2) is 24.3 Å². The lowest BCUT2D eigenvalue weighted by atomic mass is 10.1. The molecule has 24 heavy (non-hydrogen) atoms. The minimum Gasteiger partial charge on any atom is -0.344 e. The number of carbonyl (C=O) groups is 2. The number of hydrogen-bond donors (Lipinski definition) is 1. The van der Waals surface area contributed by atoms with Crippen molar-refractivity contribution in [3.05, 3.63) is 46.0 Å². The van der Waals surface area contributed by atoms with E-state index in [1.54, 1.807) is 21.0 Å². The summed E-state index contributed by atoms with van der Waals surface area (Å²) in [6.45, 7) is 3.93. The molecular weight excluding hydrogens is 322 g/mol. The third kappa shape index (κ3) is 4.41. The molecule has 6 heteroatoms. The molecule has 0 bridgehead atoms. The minimum atomic E-state index is -0.213. The fraction of sp³-hybridized carbons (Fsp3) is 0.389. The van der Waals surface area contributed by atoms with Gasteiger partial charge in [0.1, 0.15) is 4.88 Å². The third-order valence-electron chi connectivity index (χ3n) is 3.65. The van der Waals surface area contributed by atoms with Crippen LogP contribution in [0.5, 0.6) is 0 Å². The number of aryl methyl sites for hydroxylation is 2. The average molecular weight is 345 g/mol. The van der Waals surface area contributed by atoms with Gasteiger partial charge in [0.2, 0.25) is 0 Å². The summed E-state index contributed by atoms with van der Waals surface area (Å²) in [7, 11) is 3.39. The molecule has 0 saturated heterocycles. The van der Waals surface area contributed by atoms with Gasteiger partial charge in [0.05, 0.1) is 5.69 Å². The van der Waals surface area contributed by atoms with E-state index in [1.165, 1.54) is 21.8 Å². The fourth-order valence-corrected chi connectivity index (χ4v) is 3.21. The van der Waals surface area contributed by atoms with Crippen molar-refractivity contribution < 1.29 is 9.59 Å². The minimum absolute atomic E-state index is 0.106. The molecule has 0 saturated carbocycles. The molecule has 2 aromatic rings. The molecule has 1 heterocycles. The molecule has 1 aromatic heterocycles. The zero-order chi connectivity index (χ0) is 17.7. The second-order valence-corrected chi connectivity index (χ2v) is 6.89. The summed E-state index contributed by atoms with van der Waals surface area (Å²) in [6.07, 6.45) is 3.33. The van der Waals surface area contributed by atoms with Gasteiger partial charge in [-0.05, 0) is 37.5 Å². The number of rotatable bonds is 6. The Morgan fingerprint density at radius 1 is 1.21 bits per heavy atom. The topological polar surface area (TPSA) is 62.3 Å². The van der Waals surface area contributed by atoms with Gasteiger partial charge >= 0.3 is 0 Å². The van der Waals surface area contributed by atoms with Gasteiger partial charge in [-0.3, -0.25) is 14.9 Å². The van der Waals surface area contributed by atoms with Crippen molar-refractivity contribution in [2.75, 3.05) is 19.4 Å². The lowest BCUT2D eigenvalue weighted by Crippen LogP contribution is -2.21. The number of aromatic nitrogens is 1. The van der Waals surface area contributed by atoms with Gasteiger partial charge in [0, 0.05) is 19.7 Å². The predicted octanol–water partition coefficient (Wildman–Crippen LogP) is 3.75. The normalized spacial score (nSPS) is 10.5. The van der Waals surface area contributed by atoms with E-state index in [2.05, 4.69) is 17.2 Å². The van der Waals surface area contributed by atoms with Gasteiger partial charge in [-0.2, -0.15) is 0 Å². The van der Waals surface area contributed by atoms with E-state index in [0.29, 0.717) is 21.3 Å². The highest BCUT2D eigenvalue weighted by Gasteiger charge is 2.18.